The summed E-state index contributed by atoms with van der Waals surface area (Å²) in [6.07, 6.45) is 1.19. The van der Waals surface area contributed by atoms with Crippen LogP contribution < -0.4 is 31.0 Å². The van der Waals surface area contributed by atoms with Gasteiger partial charge in [-0.15, -0.1) is 0 Å². The van der Waals surface area contributed by atoms with Crippen molar-refractivity contribution in [2.24, 2.45) is 10.7 Å². The molecule has 1 heterocycles. The maximum atomic E-state index is 6.13. The Morgan fingerprint density at radius 2 is 2.00 bits per heavy atom. The summed E-state index contributed by atoms with van der Waals surface area (Å²) in [5.74, 6) is 1.52. The number of ether oxygens (including phenoxy) is 2. The number of rotatable bonds is 7. The van der Waals surface area contributed by atoms with Crippen molar-refractivity contribution in [1.82, 2.24) is 8.75 Å². The molecule has 1 aromatic heterocycles. The Kier molecular flexibility index (Phi) is 6.98. The smallest absolute Gasteiger partial charge is 0.162 e. The van der Waals surface area contributed by atoms with E-state index in [4.69, 9.17) is 38.4 Å². The molecule has 3 N–H and O–H groups in total. The van der Waals surface area contributed by atoms with Crippen molar-refractivity contribution < 1.29 is 9.47 Å². The van der Waals surface area contributed by atoms with E-state index in [0.29, 0.717) is 50.1 Å². The van der Waals surface area contributed by atoms with Gasteiger partial charge in [0, 0.05) is 16.5 Å². The summed E-state index contributed by atoms with van der Waals surface area (Å²) in [6, 6.07) is 14.5. The first-order valence-electron chi connectivity index (χ1n) is 9.70. The molecular weight excluding hydrogens is 481 g/mol. The second-order valence-electron chi connectivity index (χ2n) is 6.88. The molecule has 0 aliphatic heterocycles. The number of benzene rings is 3. The summed E-state index contributed by atoms with van der Waals surface area (Å²) in [6.45, 7) is 4.45. The zero-order valence-corrected chi connectivity index (χ0v) is 19.8. The van der Waals surface area contributed by atoms with Crippen LogP contribution in [0.2, 0.25) is 10.0 Å². The monoisotopic (exact) mass is 499 g/mol. The van der Waals surface area contributed by atoms with Crippen LogP contribution in [0.25, 0.3) is 23.4 Å². The number of anilines is 1. The van der Waals surface area contributed by atoms with Gasteiger partial charge in [-0.3, -0.25) is 0 Å². The Bertz CT molecular complexity index is 1460. The highest BCUT2D eigenvalue weighted by Gasteiger charge is 2.11. The molecule has 0 saturated carbocycles. The highest BCUT2D eigenvalue weighted by atomic mass is 35.5. The van der Waals surface area contributed by atoms with Crippen molar-refractivity contribution >= 4 is 70.4 Å². The Labute approximate surface area is 204 Å². The molecule has 33 heavy (non-hydrogen) atoms. The van der Waals surface area contributed by atoms with Crippen LogP contribution in [0.1, 0.15) is 5.56 Å². The molecule has 0 spiro atoms. The minimum atomic E-state index is 0.303. The molecule has 0 radical (unpaired) electrons. The van der Waals surface area contributed by atoms with E-state index in [-0.39, 0.29) is 0 Å². The number of nitrogens with zero attached hydrogens (tertiary/aromatic N) is 3. The van der Waals surface area contributed by atoms with Gasteiger partial charge in [0.05, 0.1) is 35.2 Å². The molecule has 0 atom stereocenters. The van der Waals surface area contributed by atoms with Gasteiger partial charge in [0.15, 0.2) is 11.5 Å². The van der Waals surface area contributed by atoms with Crippen molar-refractivity contribution in [1.29, 1.82) is 0 Å². The van der Waals surface area contributed by atoms with Crippen LogP contribution in [0.4, 0.5) is 5.69 Å². The van der Waals surface area contributed by atoms with E-state index in [1.165, 1.54) is 18.1 Å². The van der Waals surface area contributed by atoms with E-state index in [1.54, 1.807) is 37.4 Å². The van der Waals surface area contributed by atoms with Gasteiger partial charge in [0.25, 0.3) is 0 Å². The SMILES string of the molecule is C=c1cc(OCc2cccc3nsnc23)c(OC)c/c1=C(/N=C\N)Nc1ccc(Cl)c(Cl)c1. The molecule has 168 valence electrons. The Hall–Kier alpha value is -3.33. The summed E-state index contributed by atoms with van der Waals surface area (Å²) < 4.78 is 20.3. The summed E-state index contributed by atoms with van der Waals surface area (Å²) in [5.41, 5.74) is 8.87. The molecule has 10 heteroatoms. The van der Waals surface area contributed by atoms with Crippen LogP contribution >= 0.6 is 34.9 Å². The molecule has 3 aromatic carbocycles. The predicted octanol–water partition coefficient (Wildman–Crippen LogP) is 4.16. The van der Waals surface area contributed by atoms with Gasteiger partial charge in [-0.05, 0) is 41.6 Å². The number of nitrogens with one attached hydrogen (secondary N) is 1. The van der Waals surface area contributed by atoms with Crippen LogP contribution in [0.5, 0.6) is 11.5 Å². The van der Waals surface area contributed by atoms with Crippen molar-refractivity contribution in [3.05, 3.63) is 74.6 Å². The molecule has 0 amide bonds. The Morgan fingerprint density at radius 3 is 2.76 bits per heavy atom. The molecule has 0 aliphatic rings. The van der Waals surface area contributed by atoms with Gasteiger partial charge < -0.3 is 20.5 Å². The normalized spacial score (nSPS) is 12.2. The maximum Gasteiger partial charge on any atom is 0.162 e. The van der Waals surface area contributed by atoms with E-state index in [0.717, 1.165) is 16.6 Å². The van der Waals surface area contributed by atoms with Crippen LogP contribution in [-0.4, -0.2) is 22.2 Å². The fraction of sp³-hybridized carbons (Fsp3) is 0.0870. The van der Waals surface area contributed by atoms with Gasteiger partial charge >= 0.3 is 0 Å². The average molecular weight is 500 g/mol. The number of nitrogens with two attached hydrogens (primary N) is 1. The maximum absolute atomic E-state index is 6.13. The third-order valence-corrected chi connectivity index (χ3v) is 6.06. The van der Waals surface area contributed by atoms with E-state index < -0.39 is 0 Å². The third kappa shape index (κ3) is 5.03. The molecule has 0 bridgehead atoms. The predicted molar refractivity (Wildman–Crippen MR) is 136 cm³/mol. The number of aliphatic imine (C=N–C) groups is 1. The number of halogens is 2. The average Bonchev–Trinajstić information content (AvgIpc) is 3.29. The zero-order chi connectivity index (χ0) is 23.4. The Balaban J connectivity index is 1.70. The number of hydrogen-bond acceptors (Lipinski definition) is 7. The minimum Gasteiger partial charge on any atom is -0.493 e. The van der Waals surface area contributed by atoms with Crippen molar-refractivity contribution in [2.75, 3.05) is 12.4 Å². The molecular formula is C23H19Cl2N5O2S. The van der Waals surface area contributed by atoms with Crippen LogP contribution in [-0.2, 0) is 6.61 Å². The van der Waals surface area contributed by atoms with E-state index >= 15 is 0 Å². The van der Waals surface area contributed by atoms with Gasteiger partial charge in [-0.1, -0.05) is 41.9 Å². The topological polar surface area (TPSA) is 94.7 Å². The highest BCUT2D eigenvalue weighted by molar-refractivity contribution is 7.00. The molecule has 4 rings (SSSR count). The summed E-state index contributed by atoms with van der Waals surface area (Å²) in [4.78, 5) is 4.26. The summed E-state index contributed by atoms with van der Waals surface area (Å²) >= 11 is 13.3. The number of aromatic nitrogens is 2. The first-order valence-corrected chi connectivity index (χ1v) is 11.2. The molecule has 7 nitrogen and oxygen atoms in total. The molecule has 4 aromatic rings. The lowest BCUT2D eigenvalue weighted by atomic mass is 10.2. The van der Waals surface area contributed by atoms with Crippen molar-refractivity contribution in [2.45, 2.75) is 6.61 Å². The number of fused-ring (bicyclic) bond motifs is 1. The van der Waals surface area contributed by atoms with Gasteiger partial charge in [-0.2, -0.15) is 8.75 Å². The van der Waals surface area contributed by atoms with Crippen LogP contribution in [0.3, 0.4) is 0 Å². The van der Waals surface area contributed by atoms with E-state index in [9.17, 15) is 0 Å². The number of methoxy groups -OCH3 is 1. The fourth-order valence-electron chi connectivity index (χ4n) is 3.18. The van der Waals surface area contributed by atoms with Crippen LogP contribution in [0.15, 0.2) is 53.5 Å². The van der Waals surface area contributed by atoms with Crippen molar-refractivity contribution in [3.63, 3.8) is 0 Å². The van der Waals surface area contributed by atoms with Gasteiger partial charge in [0.1, 0.15) is 23.5 Å². The lowest BCUT2D eigenvalue weighted by Gasteiger charge is -2.13. The van der Waals surface area contributed by atoms with E-state index in [2.05, 4.69) is 25.6 Å². The largest absolute Gasteiger partial charge is 0.493 e. The zero-order valence-electron chi connectivity index (χ0n) is 17.5. The van der Waals surface area contributed by atoms with Gasteiger partial charge in [0.2, 0.25) is 0 Å². The fourth-order valence-corrected chi connectivity index (χ4v) is 4.05. The molecule has 0 fully saturated rings. The first-order chi connectivity index (χ1) is 16.0. The van der Waals surface area contributed by atoms with E-state index in [1.807, 2.05) is 18.2 Å². The van der Waals surface area contributed by atoms with Gasteiger partial charge in [-0.25, -0.2) is 4.99 Å². The molecule has 0 unspecified atom stereocenters. The highest BCUT2D eigenvalue weighted by Crippen LogP contribution is 2.27. The lowest BCUT2D eigenvalue weighted by molar-refractivity contribution is 0.285. The first kappa shape index (κ1) is 22.8. The minimum absolute atomic E-state index is 0.303. The summed E-state index contributed by atoms with van der Waals surface area (Å²) in [5, 5.41) is 5.41. The second kappa shape index (κ2) is 10.1. The number of hydrogen-bond donors (Lipinski definition) is 2. The van der Waals surface area contributed by atoms with Crippen molar-refractivity contribution in [3.8, 4) is 11.5 Å². The third-order valence-electron chi connectivity index (χ3n) is 4.78. The standard InChI is InChI=1S/C23H19Cl2N5O2S/c1-13-8-21(32-11-14-4-3-5-19-22(14)30-33-29-19)20(31-2)10-16(13)23(27-12-26)28-15-6-7-17(24)18(25)9-15/h3-10,12,28H,1,11H2,2H3,(H2,26,27)/b23-16+. The quantitative estimate of drug-likeness (QED) is 0.292. The second-order valence-corrected chi connectivity index (χ2v) is 8.22. The Morgan fingerprint density at radius 1 is 1.15 bits per heavy atom. The van der Waals surface area contributed by atoms with Crippen LogP contribution in [0, 0.1) is 0 Å². The lowest BCUT2D eigenvalue weighted by Crippen LogP contribution is -2.28. The molecule has 0 aliphatic carbocycles. The molecule has 0 saturated heterocycles. The summed E-state index contributed by atoms with van der Waals surface area (Å²) in [7, 11) is 1.57.